The molecule has 0 spiro atoms. The zero-order chi connectivity index (χ0) is 12.5. The van der Waals surface area contributed by atoms with Crippen molar-refractivity contribution >= 4 is 21.6 Å². The zero-order valence-electron chi connectivity index (χ0n) is 10.4. The first kappa shape index (κ1) is 12.5. The molecule has 4 heteroatoms. The molecular formula is C14H19BrN2O. The van der Waals surface area contributed by atoms with E-state index in [1.165, 1.54) is 24.1 Å². The van der Waals surface area contributed by atoms with Gasteiger partial charge in [-0.1, -0.05) is 22.0 Å². The third-order valence-corrected chi connectivity index (χ3v) is 4.20. The van der Waals surface area contributed by atoms with Crippen molar-refractivity contribution in [1.29, 1.82) is 0 Å². The van der Waals surface area contributed by atoms with Gasteiger partial charge in [0.05, 0.1) is 6.10 Å². The number of rotatable bonds is 4. The molecule has 1 saturated heterocycles. The summed E-state index contributed by atoms with van der Waals surface area (Å²) >= 11 is 3.54. The van der Waals surface area contributed by atoms with E-state index in [0.717, 1.165) is 36.6 Å². The Morgan fingerprint density at radius 2 is 2.17 bits per heavy atom. The molecule has 1 heterocycles. The van der Waals surface area contributed by atoms with Gasteiger partial charge in [0.1, 0.15) is 0 Å². The van der Waals surface area contributed by atoms with E-state index in [0.29, 0.717) is 0 Å². The predicted octanol–water partition coefficient (Wildman–Crippen LogP) is 2.27. The molecule has 1 aliphatic heterocycles. The van der Waals surface area contributed by atoms with Crippen molar-refractivity contribution < 1.29 is 5.11 Å². The Bertz CT molecular complexity index is 434. The molecule has 0 radical (unpaired) electrons. The van der Waals surface area contributed by atoms with Crippen molar-refractivity contribution in [1.82, 2.24) is 5.32 Å². The van der Waals surface area contributed by atoms with E-state index in [1.807, 2.05) is 0 Å². The van der Waals surface area contributed by atoms with E-state index in [9.17, 15) is 5.11 Å². The molecule has 0 amide bonds. The predicted molar refractivity (Wildman–Crippen MR) is 76.8 cm³/mol. The fraction of sp³-hybridized carbons (Fsp3) is 0.571. The molecule has 1 aromatic rings. The van der Waals surface area contributed by atoms with Crippen molar-refractivity contribution in [2.75, 3.05) is 18.0 Å². The van der Waals surface area contributed by atoms with E-state index >= 15 is 0 Å². The van der Waals surface area contributed by atoms with Crippen molar-refractivity contribution in [3.63, 3.8) is 0 Å². The van der Waals surface area contributed by atoms with Gasteiger partial charge in [-0.25, -0.2) is 0 Å². The Labute approximate surface area is 116 Å². The van der Waals surface area contributed by atoms with Gasteiger partial charge < -0.3 is 15.3 Å². The fourth-order valence-electron chi connectivity index (χ4n) is 2.48. The molecule has 1 aliphatic carbocycles. The maximum absolute atomic E-state index is 9.68. The third kappa shape index (κ3) is 2.87. The summed E-state index contributed by atoms with van der Waals surface area (Å²) < 4.78 is 1.11. The quantitative estimate of drug-likeness (QED) is 0.895. The lowest BCUT2D eigenvalue weighted by Crippen LogP contribution is -2.24. The normalized spacial score (nSPS) is 23.7. The largest absolute Gasteiger partial charge is 0.391 e. The van der Waals surface area contributed by atoms with E-state index < -0.39 is 0 Å². The molecule has 3 rings (SSSR count). The number of halogens is 1. The Kier molecular flexibility index (Phi) is 3.59. The van der Waals surface area contributed by atoms with Gasteiger partial charge in [-0.2, -0.15) is 0 Å². The summed E-state index contributed by atoms with van der Waals surface area (Å²) in [5.74, 6) is 0. The van der Waals surface area contributed by atoms with Gasteiger partial charge in [-0.15, -0.1) is 0 Å². The van der Waals surface area contributed by atoms with Crippen LogP contribution in [0.3, 0.4) is 0 Å². The molecule has 1 saturated carbocycles. The lowest BCUT2D eigenvalue weighted by molar-refractivity contribution is 0.198. The number of hydrogen-bond donors (Lipinski definition) is 2. The third-order valence-electron chi connectivity index (χ3n) is 3.71. The standard InChI is InChI=1S/C14H19BrN2O/c15-11-2-1-10(8-16-12-3-4-12)14(7-11)17-6-5-13(18)9-17/h1-2,7,12-13,16,18H,3-6,8-9H2. The molecule has 0 aromatic heterocycles. The van der Waals surface area contributed by atoms with Crippen LogP contribution in [0.1, 0.15) is 24.8 Å². The minimum Gasteiger partial charge on any atom is -0.391 e. The van der Waals surface area contributed by atoms with Crippen LogP contribution in [0.15, 0.2) is 22.7 Å². The van der Waals surface area contributed by atoms with Crippen LogP contribution in [0.25, 0.3) is 0 Å². The SMILES string of the molecule is OC1CCN(c2cc(Br)ccc2CNC2CC2)C1. The maximum Gasteiger partial charge on any atom is 0.0731 e. The first-order valence-electron chi connectivity index (χ1n) is 6.67. The zero-order valence-corrected chi connectivity index (χ0v) is 12.0. The second-order valence-corrected chi connectivity index (χ2v) is 6.23. The highest BCUT2D eigenvalue weighted by Crippen LogP contribution is 2.29. The van der Waals surface area contributed by atoms with Crippen LogP contribution in [0, 0.1) is 0 Å². The smallest absolute Gasteiger partial charge is 0.0731 e. The Morgan fingerprint density at radius 3 is 2.83 bits per heavy atom. The molecule has 1 unspecified atom stereocenters. The maximum atomic E-state index is 9.68. The molecule has 2 N–H and O–H groups in total. The number of aliphatic hydroxyl groups excluding tert-OH is 1. The van der Waals surface area contributed by atoms with Gasteiger partial charge in [-0.05, 0) is 37.0 Å². The van der Waals surface area contributed by atoms with Gasteiger partial charge in [0.2, 0.25) is 0 Å². The summed E-state index contributed by atoms with van der Waals surface area (Å²) in [4.78, 5) is 2.29. The van der Waals surface area contributed by atoms with Crippen LogP contribution in [0.5, 0.6) is 0 Å². The Balaban J connectivity index is 1.78. The lowest BCUT2D eigenvalue weighted by Gasteiger charge is -2.22. The van der Waals surface area contributed by atoms with Crippen molar-refractivity contribution in [3.05, 3.63) is 28.2 Å². The van der Waals surface area contributed by atoms with Crippen molar-refractivity contribution in [2.24, 2.45) is 0 Å². The van der Waals surface area contributed by atoms with Gasteiger partial charge >= 0.3 is 0 Å². The van der Waals surface area contributed by atoms with Crippen molar-refractivity contribution in [2.45, 2.75) is 38.0 Å². The summed E-state index contributed by atoms with van der Waals surface area (Å²) in [5.41, 5.74) is 2.59. The number of hydrogen-bond acceptors (Lipinski definition) is 3. The topological polar surface area (TPSA) is 35.5 Å². The average Bonchev–Trinajstić information content (AvgIpc) is 3.09. The molecule has 3 nitrogen and oxygen atoms in total. The van der Waals surface area contributed by atoms with E-state index in [1.54, 1.807) is 0 Å². The molecular weight excluding hydrogens is 292 g/mol. The second-order valence-electron chi connectivity index (χ2n) is 5.32. The minimum atomic E-state index is -0.173. The van der Waals surface area contributed by atoms with Crippen LogP contribution in [-0.4, -0.2) is 30.3 Å². The molecule has 18 heavy (non-hydrogen) atoms. The number of anilines is 1. The van der Waals surface area contributed by atoms with Crippen LogP contribution >= 0.6 is 15.9 Å². The molecule has 1 atom stereocenters. The van der Waals surface area contributed by atoms with E-state index in [2.05, 4.69) is 44.3 Å². The van der Waals surface area contributed by atoms with Gasteiger partial charge in [-0.3, -0.25) is 0 Å². The summed E-state index contributed by atoms with van der Waals surface area (Å²) in [6, 6.07) is 7.17. The molecule has 2 aliphatic rings. The number of nitrogens with one attached hydrogen (secondary N) is 1. The number of β-amino-alcohol motifs (C(OH)–C–C–N with tert-alkyl or cyclic N) is 1. The van der Waals surface area contributed by atoms with E-state index in [4.69, 9.17) is 0 Å². The average molecular weight is 311 g/mol. The highest BCUT2D eigenvalue weighted by atomic mass is 79.9. The first-order chi connectivity index (χ1) is 8.72. The molecule has 98 valence electrons. The van der Waals surface area contributed by atoms with Crippen LogP contribution in [0.4, 0.5) is 5.69 Å². The number of aliphatic hydroxyl groups is 1. The lowest BCUT2D eigenvalue weighted by atomic mass is 10.1. The highest BCUT2D eigenvalue weighted by molar-refractivity contribution is 9.10. The van der Waals surface area contributed by atoms with Gasteiger partial charge in [0.25, 0.3) is 0 Å². The fourth-order valence-corrected chi connectivity index (χ4v) is 2.83. The highest BCUT2D eigenvalue weighted by Gasteiger charge is 2.24. The van der Waals surface area contributed by atoms with Crippen LogP contribution in [-0.2, 0) is 6.54 Å². The van der Waals surface area contributed by atoms with Gasteiger partial charge in [0.15, 0.2) is 0 Å². The number of nitrogens with zero attached hydrogens (tertiary/aromatic N) is 1. The van der Waals surface area contributed by atoms with Crippen LogP contribution in [0.2, 0.25) is 0 Å². The monoisotopic (exact) mass is 310 g/mol. The first-order valence-corrected chi connectivity index (χ1v) is 7.46. The van der Waals surface area contributed by atoms with Crippen molar-refractivity contribution in [3.8, 4) is 0 Å². The molecule has 0 bridgehead atoms. The summed E-state index contributed by atoms with van der Waals surface area (Å²) in [6.07, 6.45) is 3.33. The summed E-state index contributed by atoms with van der Waals surface area (Å²) in [6.45, 7) is 2.64. The van der Waals surface area contributed by atoms with E-state index in [-0.39, 0.29) is 6.10 Å². The molecule has 2 fully saturated rings. The van der Waals surface area contributed by atoms with Gasteiger partial charge in [0, 0.05) is 35.8 Å². The Hall–Kier alpha value is -0.580. The van der Waals surface area contributed by atoms with Crippen LogP contribution < -0.4 is 10.2 Å². The Morgan fingerprint density at radius 1 is 1.33 bits per heavy atom. The minimum absolute atomic E-state index is 0.173. The molecule has 1 aromatic carbocycles. The second kappa shape index (κ2) is 5.19. The number of benzene rings is 1. The summed E-state index contributed by atoms with van der Waals surface area (Å²) in [7, 11) is 0. The summed E-state index contributed by atoms with van der Waals surface area (Å²) in [5, 5.41) is 13.2.